The molecule has 0 aromatic heterocycles. The van der Waals surface area contributed by atoms with Gasteiger partial charge in [0.15, 0.2) is 0 Å². The third kappa shape index (κ3) is 5.63. The number of carbonyl (C=O) groups excluding carboxylic acids is 1. The molecule has 2 aromatic carbocycles. The molecule has 1 aliphatic rings. The molecule has 2 aromatic rings. The topological polar surface area (TPSA) is 69.7 Å². The molecule has 0 atom stereocenters. The summed E-state index contributed by atoms with van der Waals surface area (Å²) in [5.74, 6) is -0.807. The first kappa shape index (κ1) is 22.8. The molecule has 3 rings (SSSR count). The molecule has 1 heterocycles. The summed E-state index contributed by atoms with van der Waals surface area (Å²) in [7, 11) is -3.46. The zero-order valence-corrected chi connectivity index (χ0v) is 18.5. The van der Waals surface area contributed by atoms with Crippen molar-refractivity contribution in [2.75, 3.05) is 43.4 Å². The smallest absolute Gasteiger partial charge is 0.252 e. The van der Waals surface area contributed by atoms with Crippen LogP contribution in [-0.4, -0.2) is 57.1 Å². The van der Waals surface area contributed by atoms with Crippen LogP contribution in [0.4, 0.5) is 10.1 Å². The number of hydrogen-bond acceptors (Lipinski definition) is 4. The minimum Gasteiger partial charge on any atom is -0.367 e. The van der Waals surface area contributed by atoms with E-state index in [-0.39, 0.29) is 35.1 Å². The average molecular weight is 474 g/mol. The normalized spacial score (nSPS) is 15.2. The third-order valence-electron chi connectivity index (χ3n) is 4.86. The van der Waals surface area contributed by atoms with Gasteiger partial charge < -0.3 is 10.2 Å². The lowest BCUT2D eigenvalue weighted by molar-refractivity contribution is 0.0953. The van der Waals surface area contributed by atoms with Gasteiger partial charge in [-0.3, -0.25) is 4.79 Å². The Morgan fingerprint density at radius 3 is 2.47 bits per heavy atom. The highest BCUT2D eigenvalue weighted by Gasteiger charge is 2.27. The van der Waals surface area contributed by atoms with Crippen molar-refractivity contribution in [2.24, 2.45) is 0 Å². The summed E-state index contributed by atoms with van der Waals surface area (Å²) < 4.78 is 40.5. The molecule has 0 radical (unpaired) electrons. The lowest BCUT2D eigenvalue weighted by atomic mass is 10.2. The maximum absolute atomic E-state index is 13.9. The van der Waals surface area contributed by atoms with E-state index in [0.717, 1.165) is 0 Å². The van der Waals surface area contributed by atoms with E-state index >= 15 is 0 Å². The minimum atomic E-state index is -3.46. The van der Waals surface area contributed by atoms with E-state index in [2.05, 4.69) is 5.32 Å². The molecule has 1 amide bonds. The fourth-order valence-corrected chi connectivity index (χ4v) is 5.13. The molecule has 1 saturated heterocycles. The molecule has 0 spiro atoms. The number of nitrogens with zero attached hydrogens (tertiary/aromatic N) is 2. The second kappa shape index (κ2) is 9.96. The Bertz CT molecular complexity index is 1010. The van der Waals surface area contributed by atoms with E-state index in [0.29, 0.717) is 36.9 Å². The van der Waals surface area contributed by atoms with E-state index in [9.17, 15) is 17.6 Å². The predicted molar refractivity (Wildman–Crippen MR) is 117 cm³/mol. The summed E-state index contributed by atoms with van der Waals surface area (Å²) in [6.45, 7) is 1.62. The summed E-state index contributed by atoms with van der Waals surface area (Å²) in [6.07, 6.45) is 0.264. The Labute approximate surface area is 185 Å². The third-order valence-corrected chi connectivity index (χ3v) is 7.38. The predicted octanol–water partition coefficient (Wildman–Crippen LogP) is 3.40. The SMILES string of the molecule is O=C(NCCCS(=O)(=O)N1CCN(c2ccccc2F)CC1)c1cc(Cl)ccc1Cl. The Hall–Kier alpha value is -1.87. The summed E-state index contributed by atoms with van der Waals surface area (Å²) in [5, 5.41) is 3.33. The van der Waals surface area contributed by atoms with Crippen LogP contribution in [-0.2, 0) is 10.0 Å². The van der Waals surface area contributed by atoms with Crippen molar-refractivity contribution in [3.05, 3.63) is 63.9 Å². The largest absolute Gasteiger partial charge is 0.367 e. The van der Waals surface area contributed by atoms with Crippen LogP contribution in [0.25, 0.3) is 0 Å². The van der Waals surface area contributed by atoms with Gasteiger partial charge in [0.05, 0.1) is 22.0 Å². The van der Waals surface area contributed by atoms with Gasteiger partial charge in [-0.05, 0) is 36.8 Å². The quantitative estimate of drug-likeness (QED) is 0.625. The molecule has 1 aliphatic heterocycles. The summed E-state index contributed by atoms with van der Waals surface area (Å²) in [4.78, 5) is 14.0. The maximum atomic E-state index is 13.9. The van der Waals surface area contributed by atoms with Gasteiger partial charge in [0.2, 0.25) is 10.0 Å². The molecule has 0 unspecified atom stereocenters. The molecule has 6 nitrogen and oxygen atoms in total. The zero-order valence-electron chi connectivity index (χ0n) is 16.2. The van der Waals surface area contributed by atoms with Crippen molar-refractivity contribution >= 4 is 44.8 Å². The van der Waals surface area contributed by atoms with Crippen LogP contribution in [0.15, 0.2) is 42.5 Å². The van der Waals surface area contributed by atoms with Gasteiger partial charge in [-0.15, -0.1) is 0 Å². The van der Waals surface area contributed by atoms with E-state index in [1.54, 1.807) is 24.3 Å². The van der Waals surface area contributed by atoms with Crippen LogP contribution in [0.2, 0.25) is 10.0 Å². The first-order valence-corrected chi connectivity index (χ1v) is 11.8. The first-order chi connectivity index (χ1) is 14.3. The number of nitrogens with one attached hydrogen (secondary N) is 1. The summed E-state index contributed by atoms with van der Waals surface area (Å²) >= 11 is 11.9. The van der Waals surface area contributed by atoms with Crippen LogP contribution in [0.3, 0.4) is 0 Å². The summed E-state index contributed by atoms with van der Waals surface area (Å²) in [6, 6.07) is 11.0. The fourth-order valence-electron chi connectivity index (χ4n) is 3.27. The van der Waals surface area contributed by atoms with E-state index in [1.165, 1.54) is 22.5 Å². The highest BCUT2D eigenvalue weighted by molar-refractivity contribution is 7.89. The van der Waals surface area contributed by atoms with Gasteiger partial charge in [0.25, 0.3) is 5.91 Å². The first-order valence-electron chi connectivity index (χ1n) is 9.48. The Balaban J connectivity index is 1.46. The number of benzene rings is 2. The molecule has 1 fully saturated rings. The molecule has 0 aliphatic carbocycles. The standard InChI is InChI=1S/C20H22Cl2FN3O3S/c21-15-6-7-17(22)16(14-15)20(27)24-8-3-13-30(28,29)26-11-9-25(10-12-26)19-5-2-1-4-18(19)23/h1-2,4-7,14H,3,8-13H2,(H,24,27). The van der Waals surface area contributed by atoms with Gasteiger partial charge >= 0.3 is 0 Å². The van der Waals surface area contributed by atoms with Crippen molar-refractivity contribution in [1.29, 1.82) is 0 Å². The molecule has 10 heteroatoms. The minimum absolute atomic E-state index is 0.0870. The second-order valence-corrected chi connectivity index (χ2v) is 9.82. The van der Waals surface area contributed by atoms with Gasteiger partial charge in [-0.25, -0.2) is 12.8 Å². The monoisotopic (exact) mass is 473 g/mol. The molecular formula is C20H22Cl2FN3O3S. The number of anilines is 1. The van der Waals surface area contributed by atoms with Crippen molar-refractivity contribution in [3.8, 4) is 0 Å². The molecule has 162 valence electrons. The number of sulfonamides is 1. The van der Waals surface area contributed by atoms with Crippen molar-refractivity contribution in [1.82, 2.24) is 9.62 Å². The number of amides is 1. The zero-order chi connectivity index (χ0) is 21.7. The van der Waals surface area contributed by atoms with Crippen molar-refractivity contribution in [3.63, 3.8) is 0 Å². The molecule has 0 bridgehead atoms. The van der Waals surface area contributed by atoms with Crippen molar-refractivity contribution < 1.29 is 17.6 Å². The number of para-hydroxylation sites is 1. The van der Waals surface area contributed by atoms with Crippen LogP contribution in [0.5, 0.6) is 0 Å². The molecule has 30 heavy (non-hydrogen) atoms. The van der Waals surface area contributed by atoms with Crippen LogP contribution < -0.4 is 10.2 Å². The van der Waals surface area contributed by atoms with E-state index in [4.69, 9.17) is 23.2 Å². The fraction of sp³-hybridized carbons (Fsp3) is 0.350. The second-order valence-electron chi connectivity index (χ2n) is 6.89. The number of carbonyl (C=O) groups is 1. The average Bonchev–Trinajstić information content (AvgIpc) is 2.73. The van der Waals surface area contributed by atoms with Crippen molar-refractivity contribution in [2.45, 2.75) is 6.42 Å². The van der Waals surface area contributed by atoms with Gasteiger partial charge in [0, 0.05) is 37.7 Å². The number of rotatable bonds is 7. The molecular weight excluding hydrogens is 452 g/mol. The Kier molecular flexibility index (Phi) is 7.57. The van der Waals surface area contributed by atoms with E-state index in [1.807, 2.05) is 4.90 Å². The van der Waals surface area contributed by atoms with E-state index < -0.39 is 15.9 Å². The lowest BCUT2D eigenvalue weighted by Crippen LogP contribution is -2.49. The van der Waals surface area contributed by atoms with Crippen LogP contribution in [0.1, 0.15) is 16.8 Å². The molecule has 0 saturated carbocycles. The Morgan fingerprint density at radius 1 is 1.07 bits per heavy atom. The number of halogens is 3. The maximum Gasteiger partial charge on any atom is 0.252 e. The van der Waals surface area contributed by atoms with Crippen LogP contribution >= 0.6 is 23.2 Å². The Morgan fingerprint density at radius 2 is 1.77 bits per heavy atom. The highest BCUT2D eigenvalue weighted by Crippen LogP contribution is 2.22. The highest BCUT2D eigenvalue weighted by atomic mass is 35.5. The van der Waals surface area contributed by atoms with Gasteiger partial charge in [-0.1, -0.05) is 35.3 Å². The number of piperazine rings is 1. The molecule has 1 N–H and O–H groups in total. The summed E-state index contributed by atoms with van der Waals surface area (Å²) in [5.41, 5.74) is 0.730. The number of hydrogen-bond donors (Lipinski definition) is 1. The van der Waals surface area contributed by atoms with Gasteiger partial charge in [-0.2, -0.15) is 4.31 Å². The van der Waals surface area contributed by atoms with Crippen LogP contribution in [0, 0.1) is 5.82 Å². The van der Waals surface area contributed by atoms with Gasteiger partial charge in [0.1, 0.15) is 5.82 Å². The lowest BCUT2D eigenvalue weighted by Gasteiger charge is -2.35.